The number of hydrogen-bond donors (Lipinski definition) is 2. The second-order valence-electron chi connectivity index (χ2n) is 4.37. The maximum absolute atomic E-state index is 9.86. The van der Waals surface area contributed by atoms with Crippen LogP contribution in [-0.4, -0.2) is 60.7 Å². The van der Waals surface area contributed by atoms with Crippen LogP contribution in [0.2, 0.25) is 0 Å². The molecule has 5 heteroatoms. The first-order valence-corrected chi connectivity index (χ1v) is 6.14. The van der Waals surface area contributed by atoms with Gasteiger partial charge in [0.15, 0.2) is 0 Å². The van der Waals surface area contributed by atoms with Crippen LogP contribution in [-0.2, 0) is 4.74 Å². The van der Waals surface area contributed by atoms with E-state index in [1.54, 1.807) is 24.3 Å². The molecule has 1 unspecified atom stereocenters. The number of hydrogen-bond acceptors (Lipinski definition) is 5. The van der Waals surface area contributed by atoms with Gasteiger partial charge in [0.2, 0.25) is 0 Å². The van der Waals surface area contributed by atoms with Crippen molar-refractivity contribution in [2.45, 2.75) is 6.10 Å². The third-order valence-corrected chi connectivity index (χ3v) is 2.85. The molecule has 0 bridgehead atoms. The molecule has 100 valence electrons. The number of aliphatic hydroxyl groups is 1. The van der Waals surface area contributed by atoms with Crippen molar-refractivity contribution < 1.29 is 19.7 Å². The van der Waals surface area contributed by atoms with Gasteiger partial charge in [-0.2, -0.15) is 0 Å². The third-order valence-electron chi connectivity index (χ3n) is 2.85. The van der Waals surface area contributed by atoms with Crippen molar-refractivity contribution in [3.05, 3.63) is 24.3 Å². The van der Waals surface area contributed by atoms with E-state index < -0.39 is 6.10 Å². The van der Waals surface area contributed by atoms with Crippen molar-refractivity contribution in [1.82, 2.24) is 4.90 Å². The van der Waals surface area contributed by atoms with Gasteiger partial charge in [-0.3, -0.25) is 4.90 Å². The van der Waals surface area contributed by atoms with Crippen LogP contribution in [0.5, 0.6) is 11.5 Å². The number of ether oxygens (including phenoxy) is 2. The molecular weight excluding hydrogens is 234 g/mol. The zero-order valence-electron chi connectivity index (χ0n) is 10.3. The summed E-state index contributed by atoms with van der Waals surface area (Å²) in [6.07, 6.45) is -0.517. The van der Waals surface area contributed by atoms with E-state index >= 15 is 0 Å². The van der Waals surface area contributed by atoms with Crippen molar-refractivity contribution in [3.8, 4) is 11.5 Å². The first kappa shape index (κ1) is 13.1. The second kappa shape index (κ2) is 6.58. The van der Waals surface area contributed by atoms with Gasteiger partial charge in [-0.1, -0.05) is 0 Å². The summed E-state index contributed by atoms with van der Waals surface area (Å²) in [5.74, 6) is 0.852. The van der Waals surface area contributed by atoms with Crippen LogP contribution < -0.4 is 4.74 Å². The van der Waals surface area contributed by atoms with E-state index in [1.165, 1.54) is 0 Å². The van der Waals surface area contributed by atoms with Gasteiger partial charge in [0.05, 0.1) is 13.2 Å². The number of morpholine rings is 1. The van der Waals surface area contributed by atoms with Crippen LogP contribution in [0.15, 0.2) is 24.3 Å². The number of aromatic hydroxyl groups is 1. The smallest absolute Gasteiger partial charge is 0.119 e. The predicted molar refractivity (Wildman–Crippen MR) is 66.9 cm³/mol. The number of phenols is 1. The minimum Gasteiger partial charge on any atom is -0.508 e. The minimum atomic E-state index is -0.517. The lowest BCUT2D eigenvalue weighted by atomic mass is 10.3. The molecule has 0 saturated carbocycles. The summed E-state index contributed by atoms with van der Waals surface area (Å²) in [4.78, 5) is 2.16. The Hall–Kier alpha value is -1.30. The van der Waals surface area contributed by atoms with Gasteiger partial charge < -0.3 is 19.7 Å². The van der Waals surface area contributed by atoms with Crippen LogP contribution in [0, 0.1) is 0 Å². The van der Waals surface area contributed by atoms with E-state index in [-0.39, 0.29) is 12.4 Å². The zero-order valence-corrected chi connectivity index (χ0v) is 10.3. The molecule has 1 aromatic carbocycles. The van der Waals surface area contributed by atoms with E-state index in [2.05, 4.69) is 4.90 Å². The number of benzene rings is 1. The normalized spacial score (nSPS) is 18.5. The number of nitrogens with zero attached hydrogens (tertiary/aromatic N) is 1. The molecule has 2 N–H and O–H groups in total. The van der Waals surface area contributed by atoms with Crippen molar-refractivity contribution in [3.63, 3.8) is 0 Å². The van der Waals surface area contributed by atoms with Gasteiger partial charge in [-0.05, 0) is 24.3 Å². The molecular formula is C13H19NO4. The summed E-state index contributed by atoms with van der Waals surface area (Å²) in [6.45, 7) is 4.02. The molecule has 1 heterocycles. The summed E-state index contributed by atoms with van der Waals surface area (Å²) in [7, 11) is 0. The standard InChI is InChI=1S/C13H19NO4/c15-11-1-3-13(4-2-11)18-10-12(16)9-14-5-7-17-8-6-14/h1-4,12,15-16H,5-10H2. The van der Waals surface area contributed by atoms with Crippen LogP contribution in [0.1, 0.15) is 0 Å². The van der Waals surface area contributed by atoms with Gasteiger partial charge in [0.25, 0.3) is 0 Å². The topological polar surface area (TPSA) is 62.2 Å². The fourth-order valence-electron chi connectivity index (χ4n) is 1.87. The fraction of sp³-hybridized carbons (Fsp3) is 0.538. The highest BCUT2D eigenvalue weighted by Gasteiger charge is 2.15. The second-order valence-corrected chi connectivity index (χ2v) is 4.37. The molecule has 0 radical (unpaired) electrons. The Bertz CT molecular complexity index is 349. The lowest BCUT2D eigenvalue weighted by Gasteiger charge is -2.28. The summed E-state index contributed by atoms with van der Waals surface area (Å²) < 4.78 is 10.7. The first-order chi connectivity index (χ1) is 8.74. The van der Waals surface area contributed by atoms with Crippen molar-refractivity contribution in [2.24, 2.45) is 0 Å². The Labute approximate surface area is 107 Å². The SMILES string of the molecule is Oc1ccc(OCC(O)CN2CCOCC2)cc1. The van der Waals surface area contributed by atoms with Crippen LogP contribution in [0.3, 0.4) is 0 Å². The van der Waals surface area contributed by atoms with E-state index in [9.17, 15) is 5.11 Å². The highest BCUT2D eigenvalue weighted by Crippen LogP contribution is 2.16. The average molecular weight is 253 g/mol. The van der Waals surface area contributed by atoms with Crippen molar-refractivity contribution >= 4 is 0 Å². The molecule has 18 heavy (non-hydrogen) atoms. The van der Waals surface area contributed by atoms with E-state index in [4.69, 9.17) is 14.6 Å². The third kappa shape index (κ3) is 4.18. The van der Waals surface area contributed by atoms with Crippen LogP contribution in [0.4, 0.5) is 0 Å². The number of aliphatic hydroxyl groups excluding tert-OH is 1. The predicted octanol–water partition coefficient (Wildman–Crippen LogP) is 0.464. The minimum absolute atomic E-state index is 0.205. The molecule has 1 aromatic rings. The molecule has 1 fully saturated rings. The van der Waals surface area contributed by atoms with Crippen LogP contribution >= 0.6 is 0 Å². The van der Waals surface area contributed by atoms with E-state index in [1.807, 2.05) is 0 Å². The Kier molecular flexibility index (Phi) is 4.81. The average Bonchev–Trinajstić information content (AvgIpc) is 2.39. The lowest BCUT2D eigenvalue weighted by molar-refractivity contribution is 0.00465. The molecule has 1 aliphatic heterocycles. The Balaban J connectivity index is 1.70. The molecule has 1 saturated heterocycles. The van der Waals surface area contributed by atoms with E-state index in [0.29, 0.717) is 12.3 Å². The Morgan fingerprint density at radius 2 is 1.89 bits per heavy atom. The van der Waals surface area contributed by atoms with Crippen molar-refractivity contribution in [1.29, 1.82) is 0 Å². The number of phenolic OH excluding ortho intramolecular Hbond substituents is 1. The summed E-state index contributed by atoms with van der Waals surface area (Å²) in [5.41, 5.74) is 0. The zero-order chi connectivity index (χ0) is 12.8. The summed E-state index contributed by atoms with van der Waals surface area (Å²) >= 11 is 0. The first-order valence-electron chi connectivity index (χ1n) is 6.14. The molecule has 1 atom stereocenters. The van der Waals surface area contributed by atoms with Gasteiger partial charge in [-0.25, -0.2) is 0 Å². The lowest BCUT2D eigenvalue weighted by Crippen LogP contribution is -2.42. The highest BCUT2D eigenvalue weighted by atomic mass is 16.5. The fourth-order valence-corrected chi connectivity index (χ4v) is 1.87. The maximum Gasteiger partial charge on any atom is 0.119 e. The summed E-state index contributed by atoms with van der Waals surface area (Å²) in [5, 5.41) is 19.0. The molecule has 0 spiro atoms. The Morgan fingerprint density at radius 3 is 2.56 bits per heavy atom. The molecule has 1 aliphatic rings. The monoisotopic (exact) mass is 253 g/mol. The molecule has 5 nitrogen and oxygen atoms in total. The largest absolute Gasteiger partial charge is 0.508 e. The molecule has 2 rings (SSSR count). The van der Waals surface area contributed by atoms with Crippen molar-refractivity contribution in [2.75, 3.05) is 39.5 Å². The maximum atomic E-state index is 9.86. The van der Waals surface area contributed by atoms with Gasteiger partial charge in [0, 0.05) is 19.6 Å². The molecule has 0 amide bonds. The van der Waals surface area contributed by atoms with Gasteiger partial charge in [-0.15, -0.1) is 0 Å². The molecule has 0 aliphatic carbocycles. The summed E-state index contributed by atoms with van der Waals surface area (Å²) in [6, 6.07) is 6.47. The number of β-amino-alcohol motifs (C(OH)–C–C–N with tert-alkyl or cyclic N) is 1. The van der Waals surface area contributed by atoms with Gasteiger partial charge in [0.1, 0.15) is 24.2 Å². The quantitative estimate of drug-likeness (QED) is 0.798. The van der Waals surface area contributed by atoms with Crippen LogP contribution in [0.25, 0.3) is 0 Å². The Morgan fingerprint density at radius 1 is 1.22 bits per heavy atom. The highest BCUT2D eigenvalue weighted by molar-refractivity contribution is 5.30. The number of rotatable bonds is 5. The molecule has 0 aromatic heterocycles. The van der Waals surface area contributed by atoms with E-state index in [0.717, 1.165) is 26.3 Å². The van der Waals surface area contributed by atoms with Gasteiger partial charge >= 0.3 is 0 Å².